The van der Waals surface area contributed by atoms with Crippen molar-refractivity contribution in [1.29, 1.82) is 0 Å². The quantitative estimate of drug-likeness (QED) is 0.302. The van der Waals surface area contributed by atoms with Gasteiger partial charge in [0.1, 0.15) is 6.04 Å². The van der Waals surface area contributed by atoms with E-state index in [1.54, 1.807) is 0 Å². The molecule has 0 spiro atoms. The van der Waals surface area contributed by atoms with Crippen LogP contribution in [-0.2, 0) is 36.0 Å². The summed E-state index contributed by atoms with van der Waals surface area (Å²) in [4.78, 5) is 13.8. The van der Waals surface area contributed by atoms with Gasteiger partial charge in [-0.05, 0) is 71.7 Å². The number of hydrogen-bond donors (Lipinski definition) is 2. The van der Waals surface area contributed by atoms with Gasteiger partial charge in [-0.25, -0.2) is 0 Å². The van der Waals surface area contributed by atoms with Gasteiger partial charge < -0.3 is 0 Å². The van der Waals surface area contributed by atoms with E-state index in [1.807, 2.05) is 44.2 Å². The Morgan fingerprint density at radius 2 is 1.38 bits per heavy atom. The van der Waals surface area contributed by atoms with Gasteiger partial charge in [-0.3, -0.25) is 9.35 Å². The second-order valence-corrected chi connectivity index (χ2v) is 9.49. The molecule has 0 aromatic heterocycles. The van der Waals surface area contributed by atoms with Gasteiger partial charge in [-0.2, -0.15) is 13.1 Å². The second-order valence-electron chi connectivity index (χ2n) is 8.30. The molecule has 2 N–H and O–H groups in total. The Kier molecular flexibility index (Phi) is 10.1. The zero-order chi connectivity index (χ0) is 23.7. The molecule has 1 atom stereocenters. The van der Waals surface area contributed by atoms with Crippen LogP contribution in [0.15, 0.2) is 30.3 Å². The van der Waals surface area contributed by atoms with Gasteiger partial charge in [0.2, 0.25) is 0 Å². The molecular formula is C26H36NO4S. The Morgan fingerprint density at radius 3 is 1.78 bits per heavy atom. The molecule has 0 heterocycles. The minimum atomic E-state index is -4.61. The maximum Gasteiger partial charge on any atom is 0.334 e. The fourth-order valence-corrected chi connectivity index (χ4v) is 4.74. The van der Waals surface area contributed by atoms with Crippen LogP contribution in [0.3, 0.4) is 0 Å². The molecule has 32 heavy (non-hydrogen) atoms. The lowest BCUT2D eigenvalue weighted by Crippen LogP contribution is -2.35. The first kappa shape index (κ1) is 26.2. The van der Waals surface area contributed by atoms with Crippen LogP contribution in [0, 0.1) is 6.07 Å². The molecule has 0 amide bonds. The molecule has 1 unspecified atom stereocenters. The Bertz CT molecular complexity index is 966. The Balaban J connectivity index is 2.68. The first-order valence-electron chi connectivity index (χ1n) is 11.7. The van der Waals surface area contributed by atoms with Crippen molar-refractivity contribution in [2.75, 3.05) is 0 Å². The highest BCUT2D eigenvalue weighted by atomic mass is 32.2. The van der Waals surface area contributed by atoms with E-state index in [4.69, 9.17) is 0 Å². The molecular weight excluding hydrogens is 422 g/mol. The van der Waals surface area contributed by atoms with Crippen molar-refractivity contribution in [1.82, 2.24) is 4.72 Å². The third-order valence-electron chi connectivity index (χ3n) is 5.45. The molecule has 0 aliphatic rings. The molecule has 2 aromatic rings. The van der Waals surface area contributed by atoms with Gasteiger partial charge >= 0.3 is 10.3 Å². The molecule has 0 aliphatic carbocycles. The topological polar surface area (TPSA) is 83.5 Å². The predicted octanol–water partition coefficient (Wildman–Crippen LogP) is 5.61. The van der Waals surface area contributed by atoms with Crippen LogP contribution in [0.5, 0.6) is 0 Å². The van der Waals surface area contributed by atoms with Crippen LogP contribution in [0.2, 0.25) is 0 Å². The number of Topliss-reactive ketones (excluding diaryl/α,β-unsaturated/α-hetero) is 1. The molecule has 1 radical (unpaired) electrons. The van der Waals surface area contributed by atoms with E-state index in [-0.39, 0.29) is 5.78 Å². The zero-order valence-electron chi connectivity index (χ0n) is 19.7. The first-order valence-corrected chi connectivity index (χ1v) is 13.1. The fourth-order valence-electron chi connectivity index (χ4n) is 4.22. The summed E-state index contributed by atoms with van der Waals surface area (Å²) in [7, 11) is -4.61. The summed E-state index contributed by atoms with van der Waals surface area (Å²) in [5, 5.41) is 0. The van der Waals surface area contributed by atoms with Gasteiger partial charge in [0, 0.05) is 5.56 Å². The minimum absolute atomic E-state index is 0.354. The lowest BCUT2D eigenvalue weighted by atomic mass is 9.86. The van der Waals surface area contributed by atoms with E-state index in [2.05, 4.69) is 24.6 Å². The molecule has 0 aliphatic heterocycles. The van der Waals surface area contributed by atoms with E-state index in [1.165, 1.54) is 0 Å². The van der Waals surface area contributed by atoms with Gasteiger partial charge in [0.15, 0.2) is 5.78 Å². The number of nitrogens with one attached hydrogen (secondary N) is 1. The normalized spacial score (nSPS) is 12.7. The Hall–Kier alpha value is -2.02. The van der Waals surface area contributed by atoms with E-state index < -0.39 is 16.3 Å². The SMILES string of the molecule is CCCc1[c]c(CCC)cc(C(=O)C(NS(=O)(=O)O)c2c(CCC)cccc2CCC)c1. The highest BCUT2D eigenvalue weighted by Crippen LogP contribution is 2.29. The maximum atomic E-state index is 13.8. The average Bonchev–Trinajstić information content (AvgIpc) is 2.72. The zero-order valence-corrected chi connectivity index (χ0v) is 20.5. The lowest BCUT2D eigenvalue weighted by molar-refractivity contribution is 0.0951. The van der Waals surface area contributed by atoms with Gasteiger partial charge in [-0.15, -0.1) is 0 Å². The van der Waals surface area contributed by atoms with Gasteiger partial charge in [0.25, 0.3) is 0 Å². The summed E-state index contributed by atoms with van der Waals surface area (Å²) in [5.41, 5.74) is 4.87. The molecule has 2 rings (SSSR count). The van der Waals surface area contributed by atoms with Crippen molar-refractivity contribution >= 4 is 16.1 Å². The van der Waals surface area contributed by atoms with Crippen molar-refractivity contribution in [3.8, 4) is 0 Å². The molecule has 0 fully saturated rings. The van der Waals surface area contributed by atoms with Crippen molar-refractivity contribution in [2.24, 2.45) is 0 Å². The summed E-state index contributed by atoms with van der Waals surface area (Å²) in [6.45, 7) is 8.24. The van der Waals surface area contributed by atoms with E-state index in [0.29, 0.717) is 24.0 Å². The summed E-state index contributed by atoms with van der Waals surface area (Å²) in [6, 6.07) is 11.7. The second kappa shape index (κ2) is 12.3. The van der Waals surface area contributed by atoms with E-state index in [0.717, 1.165) is 60.8 Å². The first-order chi connectivity index (χ1) is 15.2. The average molecular weight is 459 g/mol. The molecule has 175 valence electrons. The standard InChI is InChI=1S/C26H36NO4S/c1-5-10-19-16-20(11-6-2)18-23(17-19)26(28)25(27-32(29,30)31)24-21(12-7-3)14-9-15-22(24)13-8-4/h9,14-15,17-18,25,27H,5-8,10-13H2,1-4H3,(H,29,30,31). The van der Waals surface area contributed by atoms with Crippen molar-refractivity contribution in [3.63, 3.8) is 0 Å². The van der Waals surface area contributed by atoms with Crippen LogP contribution in [-0.4, -0.2) is 18.8 Å². The fraction of sp³-hybridized carbons (Fsp3) is 0.500. The minimum Gasteiger partial charge on any atom is -0.292 e. The molecule has 0 bridgehead atoms. The van der Waals surface area contributed by atoms with Gasteiger partial charge in [0.05, 0.1) is 0 Å². The van der Waals surface area contributed by atoms with Crippen LogP contribution >= 0.6 is 0 Å². The van der Waals surface area contributed by atoms with Crippen molar-refractivity contribution < 1.29 is 17.8 Å². The number of ketones is 1. The number of carbonyl (C=O) groups is 1. The number of aryl methyl sites for hydroxylation is 4. The van der Waals surface area contributed by atoms with Crippen molar-refractivity contribution in [2.45, 2.75) is 85.1 Å². The molecule has 0 saturated heterocycles. The number of rotatable bonds is 13. The number of benzene rings is 2. The monoisotopic (exact) mass is 458 g/mol. The summed E-state index contributed by atoms with van der Waals surface area (Å²) in [6.07, 6.45) is 6.58. The number of carbonyl (C=O) groups excluding carboxylic acids is 1. The highest BCUT2D eigenvalue weighted by molar-refractivity contribution is 7.83. The van der Waals surface area contributed by atoms with E-state index in [9.17, 15) is 17.8 Å². The third-order valence-corrected chi connectivity index (χ3v) is 5.98. The predicted molar refractivity (Wildman–Crippen MR) is 129 cm³/mol. The lowest BCUT2D eigenvalue weighted by Gasteiger charge is -2.23. The smallest absolute Gasteiger partial charge is 0.292 e. The third kappa shape index (κ3) is 7.26. The van der Waals surface area contributed by atoms with Crippen molar-refractivity contribution in [3.05, 3.63) is 69.8 Å². The van der Waals surface area contributed by atoms with Crippen LogP contribution in [0.25, 0.3) is 0 Å². The van der Waals surface area contributed by atoms with Gasteiger partial charge in [-0.1, -0.05) is 71.6 Å². The van der Waals surface area contributed by atoms with Crippen LogP contribution < -0.4 is 4.72 Å². The summed E-state index contributed by atoms with van der Waals surface area (Å²) in [5.74, 6) is -0.354. The molecule has 6 heteroatoms. The molecule has 2 aromatic carbocycles. The van der Waals surface area contributed by atoms with E-state index >= 15 is 0 Å². The Labute approximate surface area is 193 Å². The number of hydrogen-bond acceptors (Lipinski definition) is 3. The summed E-state index contributed by atoms with van der Waals surface area (Å²) < 4.78 is 35.7. The molecule has 5 nitrogen and oxygen atoms in total. The Morgan fingerprint density at radius 1 is 0.906 bits per heavy atom. The maximum absolute atomic E-state index is 13.8. The van der Waals surface area contributed by atoms with Crippen LogP contribution in [0.1, 0.15) is 97.6 Å². The van der Waals surface area contributed by atoms with Crippen LogP contribution in [0.4, 0.5) is 0 Å². The highest BCUT2D eigenvalue weighted by Gasteiger charge is 2.30. The summed E-state index contributed by atoms with van der Waals surface area (Å²) >= 11 is 0. The largest absolute Gasteiger partial charge is 0.334 e. The molecule has 0 saturated carbocycles.